The van der Waals surface area contributed by atoms with Crippen molar-refractivity contribution in [1.29, 1.82) is 0 Å². The molecule has 104 valence electrons. The van der Waals surface area contributed by atoms with E-state index in [0.29, 0.717) is 6.04 Å². The van der Waals surface area contributed by atoms with Gasteiger partial charge >= 0.3 is 0 Å². The SMILES string of the molecule is NNC(CC1CCCCCC1)=NC1CCCCC1. The van der Waals surface area contributed by atoms with Gasteiger partial charge in [-0.25, -0.2) is 5.84 Å². The molecule has 0 aromatic rings. The second kappa shape index (κ2) is 7.78. The van der Waals surface area contributed by atoms with E-state index in [9.17, 15) is 0 Å². The lowest BCUT2D eigenvalue weighted by Gasteiger charge is -2.21. The molecule has 0 aliphatic heterocycles. The van der Waals surface area contributed by atoms with E-state index < -0.39 is 0 Å². The Kier molecular flexibility index (Phi) is 5.98. The van der Waals surface area contributed by atoms with Crippen molar-refractivity contribution in [2.45, 2.75) is 83.1 Å². The zero-order valence-corrected chi connectivity index (χ0v) is 11.7. The van der Waals surface area contributed by atoms with Gasteiger partial charge in [-0.3, -0.25) is 4.99 Å². The van der Waals surface area contributed by atoms with Crippen molar-refractivity contribution in [1.82, 2.24) is 5.43 Å². The molecule has 3 N–H and O–H groups in total. The highest BCUT2D eigenvalue weighted by Gasteiger charge is 2.17. The van der Waals surface area contributed by atoms with Crippen LogP contribution in [0.3, 0.4) is 0 Å². The Labute approximate surface area is 112 Å². The number of hydrazine groups is 1. The van der Waals surface area contributed by atoms with Gasteiger partial charge in [0.1, 0.15) is 5.84 Å². The first-order chi connectivity index (χ1) is 8.88. The van der Waals surface area contributed by atoms with Crippen molar-refractivity contribution in [3.05, 3.63) is 0 Å². The van der Waals surface area contributed by atoms with E-state index in [1.165, 1.54) is 70.6 Å². The highest BCUT2D eigenvalue weighted by molar-refractivity contribution is 5.82. The van der Waals surface area contributed by atoms with Crippen LogP contribution in [0.2, 0.25) is 0 Å². The normalized spacial score (nSPS) is 24.8. The maximum absolute atomic E-state index is 5.67. The first-order valence-electron chi connectivity index (χ1n) is 7.92. The van der Waals surface area contributed by atoms with Gasteiger partial charge in [0.25, 0.3) is 0 Å². The average molecular weight is 251 g/mol. The Morgan fingerprint density at radius 2 is 1.44 bits per heavy atom. The minimum Gasteiger partial charge on any atom is -0.312 e. The topological polar surface area (TPSA) is 50.4 Å². The van der Waals surface area contributed by atoms with Gasteiger partial charge in [-0.15, -0.1) is 0 Å². The maximum Gasteiger partial charge on any atom is 0.111 e. The summed E-state index contributed by atoms with van der Waals surface area (Å²) in [5.41, 5.74) is 2.87. The minimum atomic E-state index is 0.538. The summed E-state index contributed by atoms with van der Waals surface area (Å²) in [5, 5.41) is 0. The lowest BCUT2D eigenvalue weighted by atomic mass is 9.94. The van der Waals surface area contributed by atoms with Gasteiger partial charge in [0.15, 0.2) is 0 Å². The molecule has 0 saturated heterocycles. The molecule has 2 aliphatic rings. The molecule has 2 fully saturated rings. The Hall–Kier alpha value is -0.570. The first-order valence-corrected chi connectivity index (χ1v) is 7.92. The smallest absolute Gasteiger partial charge is 0.111 e. The van der Waals surface area contributed by atoms with Crippen LogP contribution < -0.4 is 11.3 Å². The minimum absolute atomic E-state index is 0.538. The fourth-order valence-corrected chi connectivity index (χ4v) is 3.42. The van der Waals surface area contributed by atoms with Crippen molar-refractivity contribution < 1.29 is 0 Å². The van der Waals surface area contributed by atoms with E-state index in [0.717, 1.165) is 18.2 Å². The zero-order valence-electron chi connectivity index (χ0n) is 11.7. The Bertz CT molecular complexity index is 248. The molecule has 0 atom stereocenters. The number of aliphatic imine (C=N–C) groups is 1. The van der Waals surface area contributed by atoms with Gasteiger partial charge in [0, 0.05) is 6.42 Å². The number of rotatable bonds is 3. The standard InChI is InChI=1S/C15H29N3/c16-18-15(17-14-10-6-3-7-11-14)12-13-8-4-1-2-5-9-13/h13-14H,1-12,16H2,(H,17,18). The van der Waals surface area contributed by atoms with Crippen molar-refractivity contribution in [3.63, 3.8) is 0 Å². The predicted octanol–water partition coefficient (Wildman–Crippen LogP) is 3.54. The third-order valence-electron chi connectivity index (χ3n) is 4.54. The van der Waals surface area contributed by atoms with Crippen molar-refractivity contribution in [3.8, 4) is 0 Å². The van der Waals surface area contributed by atoms with Crippen LogP contribution in [0, 0.1) is 5.92 Å². The summed E-state index contributed by atoms with van der Waals surface area (Å²) in [6.07, 6.45) is 16.0. The second-order valence-corrected chi connectivity index (χ2v) is 6.07. The molecule has 0 aromatic heterocycles. The molecule has 0 bridgehead atoms. The van der Waals surface area contributed by atoms with Gasteiger partial charge in [-0.05, 0) is 18.8 Å². The van der Waals surface area contributed by atoms with Crippen molar-refractivity contribution in [2.24, 2.45) is 16.8 Å². The summed E-state index contributed by atoms with van der Waals surface area (Å²) in [4.78, 5) is 4.86. The highest BCUT2D eigenvalue weighted by Crippen LogP contribution is 2.26. The fraction of sp³-hybridized carbons (Fsp3) is 0.933. The summed E-state index contributed by atoms with van der Waals surface area (Å²) in [7, 11) is 0. The van der Waals surface area contributed by atoms with Gasteiger partial charge in [0.2, 0.25) is 0 Å². The number of hydrogen-bond donors (Lipinski definition) is 2. The number of amidine groups is 1. The predicted molar refractivity (Wildman–Crippen MR) is 77.4 cm³/mol. The van der Waals surface area contributed by atoms with E-state index in [1.54, 1.807) is 0 Å². The molecule has 0 spiro atoms. The van der Waals surface area contributed by atoms with Crippen molar-refractivity contribution in [2.75, 3.05) is 0 Å². The highest BCUT2D eigenvalue weighted by atomic mass is 15.3. The zero-order chi connectivity index (χ0) is 12.6. The molecule has 0 radical (unpaired) electrons. The van der Waals surface area contributed by atoms with E-state index in [1.807, 2.05) is 0 Å². The van der Waals surface area contributed by atoms with Gasteiger partial charge in [-0.2, -0.15) is 0 Å². The number of hydrogen-bond acceptors (Lipinski definition) is 2. The molecule has 18 heavy (non-hydrogen) atoms. The van der Waals surface area contributed by atoms with Crippen LogP contribution in [-0.4, -0.2) is 11.9 Å². The van der Waals surface area contributed by atoms with Crippen LogP contribution >= 0.6 is 0 Å². The molecule has 2 saturated carbocycles. The number of nitrogens with two attached hydrogens (primary N) is 1. The number of nitrogens with one attached hydrogen (secondary N) is 1. The molecule has 0 aromatic carbocycles. The molecular formula is C15H29N3. The van der Waals surface area contributed by atoms with Gasteiger partial charge in [-0.1, -0.05) is 57.8 Å². The van der Waals surface area contributed by atoms with Crippen LogP contribution in [0.1, 0.15) is 77.0 Å². The molecule has 3 nitrogen and oxygen atoms in total. The Balaban J connectivity index is 1.84. The summed E-state index contributed by atoms with van der Waals surface area (Å²) in [5.74, 6) is 7.54. The molecule has 2 aliphatic carbocycles. The largest absolute Gasteiger partial charge is 0.312 e. The quantitative estimate of drug-likeness (QED) is 0.265. The van der Waals surface area contributed by atoms with Crippen LogP contribution in [0.25, 0.3) is 0 Å². The molecule has 3 heteroatoms. The average Bonchev–Trinajstić information content (AvgIpc) is 2.68. The summed E-state index contributed by atoms with van der Waals surface area (Å²) in [6, 6.07) is 0.538. The third-order valence-corrected chi connectivity index (χ3v) is 4.54. The van der Waals surface area contributed by atoms with E-state index in [-0.39, 0.29) is 0 Å². The lowest BCUT2D eigenvalue weighted by molar-refractivity contribution is 0.435. The molecule has 0 amide bonds. The Morgan fingerprint density at radius 3 is 2.06 bits per heavy atom. The van der Waals surface area contributed by atoms with E-state index >= 15 is 0 Å². The summed E-state index contributed by atoms with van der Waals surface area (Å²) >= 11 is 0. The summed E-state index contributed by atoms with van der Waals surface area (Å²) < 4.78 is 0. The molecule has 0 unspecified atom stereocenters. The first kappa shape index (κ1) is 13.9. The molecular weight excluding hydrogens is 222 g/mol. The number of nitrogens with zero attached hydrogens (tertiary/aromatic N) is 1. The fourth-order valence-electron chi connectivity index (χ4n) is 3.42. The summed E-state index contributed by atoms with van der Waals surface area (Å²) in [6.45, 7) is 0. The van der Waals surface area contributed by atoms with Crippen molar-refractivity contribution >= 4 is 5.84 Å². The third kappa shape index (κ3) is 4.60. The monoisotopic (exact) mass is 251 g/mol. The van der Waals surface area contributed by atoms with Crippen LogP contribution in [-0.2, 0) is 0 Å². The van der Waals surface area contributed by atoms with Crippen LogP contribution in [0.5, 0.6) is 0 Å². The van der Waals surface area contributed by atoms with Gasteiger partial charge in [0.05, 0.1) is 6.04 Å². The maximum atomic E-state index is 5.67. The van der Waals surface area contributed by atoms with E-state index in [2.05, 4.69) is 5.43 Å². The van der Waals surface area contributed by atoms with Gasteiger partial charge < -0.3 is 5.43 Å². The second-order valence-electron chi connectivity index (χ2n) is 6.07. The van der Waals surface area contributed by atoms with E-state index in [4.69, 9.17) is 10.8 Å². The van der Waals surface area contributed by atoms with Crippen LogP contribution in [0.4, 0.5) is 0 Å². The lowest BCUT2D eigenvalue weighted by Crippen LogP contribution is -2.33. The molecule has 0 heterocycles. The molecule has 2 rings (SSSR count). The Morgan fingerprint density at radius 1 is 0.889 bits per heavy atom. The van der Waals surface area contributed by atoms with Crippen LogP contribution in [0.15, 0.2) is 4.99 Å².